The van der Waals surface area contributed by atoms with Crippen molar-refractivity contribution < 1.29 is 9.53 Å². The molecule has 1 amide bonds. The Labute approximate surface area is 89.4 Å². The van der Waals surface area contributed by atoms with E-state index in [1.165, 1.54) is 0 Å². The number of benzene rings is 1. The Balaban J connectivity index is 3.16. The molecular formula is C11H16N2O2. The molecule has 3 N–H and O–H groups in total. The van der Waals surface area contributed by atoms with Crippen LogP contribution in [0.3, 0.4) is 0 Å². The van der Waals surface area contributed by atoms with Crippen LogP contribution in [0.2, 0.25) is 0 Å². The molecule has 0 aliphatic rings. The Morgan fingerprint density at radius 1 is 1.47 bits per heavy atom. The summed E-state index contributed by atoms with van der Waals surface area (Å²) in [6, 6.07) is 5.26. The SMILES string of the molecule is COc1ccc(C(=O)NN)cc1C(C)C. The van der Waals surface area contributed by atoms with Gasteiger partial charge in [-0.15, -0.1) is 0 Å². The summed E-state index contributed by atoms with van der Waals surface area (Å²) < 4.78 is 5.21. The van der Waals surface area contributed by atoms with Gasteiger partial charge in [-0.05, 0) is 29.7 Å². The maximum atomic E-state index is 11.3. The average Bonchev–Trinajstić information content (AvgIpc) is 2.27. The Hall–Kier alpha value is -1.55. The third-order valence-electron chi connectivity index (χ3n) is 2.24. The number of rotatable bonds is 3. The number of amides is 1. The molecule has 1 aromatic carbocycles. The van der Waals surface area contributed by atoms with Crippen LogP contribution < -0.4 is 16.0 Å². The smallest absolute Gasteiger partial charge is 0.265 e. The number of hydrogen-bond donors (Lipinski definition) is 2. The highest BCUT2D eigenvalue weighted by Crippen LogP contribution is 2.27. The third kappa shape index (κ3) is 2.47. The summed E-state index contributed by atoms with van der Waals surface area (Å²) >= 11 is 0. The van der Waals surface area contributed by atoms with Crippen LogP contribution in [0.5, 0.6) is 5.75 Å². The van der Waals surface area contributed by atoms with E-state index in [1.807, 2.05) is 13.8 Å². The zero-order valence-electron chi connectivity index (χ0n) is 9.20. The van der Waals surface area contributed by atoms with Crippen molar-refractivity contribution >= 4 is 5.91 Å². The summed E-state index contributed by atoms with van der Waals surface area (Å²) in [5, 5.41) is 0. The van der Waals surface area contributed by atoms with E-state index in [1.54, 1.807) is 25.3 Å². The van der Waals surface area contributed by atoms with Crippen molar-refractivity contribution in [3.05, 3.63) is 29.3 Å². The van der Waals surface area contributed by atoms with Crippen molar-refractivity contribution in [2.24, 2.45) is 5.84 Å². The zero-order chi connectivity index (χ0) is 11.4. The lowest BCUT2D eigenvalue weighted by molar-refractivity contribution is 0.0953. The van der Waals surface area contributed by atoms with Crippen molar-refractivity contribution in [1.82, 2.24) is 5.43 Å². The fourth-order valence-electron chi connectivity index (χ4n) is 1.41. The van der Waals surface area contributed by atoms with E-state index < -0.39 is 0 Å². The maximum Gasteiger partial charge on any atom is 0.265 e. The fraction of sp³-hybridized carbons (Fsp3) is 0.364. The zero-order valence-corrected chi connectivity index (χ0v) is 9.20. The Kier molecular flexibility index (Phi) is 3.68. The molecule has 1 aromatic rings. The van der Waals surface area contributed by atoms with Gasteiger partial charge in [-0.3, -0.25) is 10.2 Å². The third-order valence-corrected chi connectivity index (χ3v) is 2.24. The summed E-state index contributed by atoms with van der Waals surface area (Å²) in [4.78, 5) is 11.3. The molecule has 0 saturated heterocycles. The molecule has 0 unspecified atom stereocenters. The molecule has 4 heteroatoms. The van der Waals surface area contributed by atoms with E-state index >= 15 is 0 Å². The van der Waals surface area contributed by atoms with Gasteiger partial charge in [0.2, 0.25) is 0 Å². The van der Waals surface area contributed by atoms with Gasteiger partial charge in [0.05, 0.1) is 7.11 Å². The number of ether oxygens (including phenoxy) is 1. The van der Waals surface area contributed by atoms with Crippen LogP contribution in [-0.2, 0) is 0 Å². The van der Waals surface area contributed by atoms with Gasteiger partial charge >= 0.3 is 0 Å². The Bertz CT molecular complexity index is 362. The van der Waals surface area contributed by atoms with Gasteiger partial charge in [0.25, 0.3) is 5.91 Å². The Morgan fingerprint density at radius 2 is 2.13 bits per heavy atom. The predicted octanol–water partition coefficient (Wildman–Crippen LogP) is 1.42. The van der Waals surface area contributed by atoms with E-state index in [0.29, 0.717) is 11.5 Å². The Morgan fingerprint density at radius 3 is 2.60 bits per heavy atom. The van der Waals surface area contributed by atoms with Gasteiger partial charge in [-0.2, -0.15) is 0 Å². The van der Waals surface area contributed by atoms with Crippen LogP contribution >= 0.6 is 0 Å². The molecule has 0 aliphatic heterocycles. The normalized spacial score (nSPS) is 10.2. The van der Waals surface area contributed by atoms with Crippen LogP contribution in [0, 0.1) is 0 Å². The molecule has 15 heavy (non-hydrogen) atoms. The largest absolute Gasteiger partial charge is 0.496 e. The topological polar surface area (TPSA) is 64.3 Å². The lowest BCUT2D eigenvalue weighted by Gasteiger charge is -2.12. The fourth-order valence-corrected chi connectivity index (χ4v) is 1.41. The van der Waals surface area contributed by atoms with Gasteiger partial charge in [-0.1, -0.05) is 13.8 Å². The lowest BCUT2D eigenvalue weighted by atomic mass is 9.99. The molecule has 0 saturated carbocycles. The van der Waals surface area contributed by atoms with Crippen LogP contribution in [0.1, 0.15) is 35.7 Å². The van der Waals surface area contributed by atoms with E-state index in [9.17, 15) is 4.79 Å². The van der Waals surface area contributed by atoms with E-state index in [4.69, 9.17) is 10.6 Å². The van der Waals surface area contributed by atoms with Crippen molar-refractivity contribution in [3.63, 3.8) is 0 Å². The summed E-state index contributed by atoms with van der Waals surface area (Å²) in [6.07, 6.45) is 0. The number of carbonyl (C=O) groups excluding carboxylic acids is 1. The first-order valence-corrected chi connectivity index (χ1v) is 4.79. The highest BCUT2D eigenvalue weighted by Gasteiger charge is 2.11. The minimum absolute atomic E-state index is 0.292. The van der Waals surface area contributed by atoms with Gasteiger partial charge < -0.3 is 4.74 Å². The average molecular weight is 208 g/mol. The van der Waals surface area contributed by atoms with Gasteiger partial charge in [-0.25, -0.2) is 5.84 Å². The number of nitrogens with one attached hydrogen (secondary N) is 1. The monoisotopic (exact) mass is 208 g/mol. The molecule has 0 radical (unpaired) electrons. The van der Waals surface area contributed by atoms with Gasteiger partial charge in [0, 0.05) is 5.56 Å². The van der Waals surface area contributed by atoms with Crippen molar-refractivity contribution in [2.45, 2.75) is 19.8 Å². The van der Waals surface area contributed by atoms with E-state index in [0.717, 1.165) is 11.3 Å². The first-order chi connectivity index (χ1) is 7.10. The lowest BCUT2D eigenvalue weighted by Crippen LogP contribution is -2.30. The van der Waals surface area contributed by atoms with Crippen LogP contribution in [0.4, 0.5) is 0 Å². The molecular weight excluding hydrogens is 192 g/mol. The van der Waals surface area contributed by atoms with Crippen molar-refractivity contribution in [1.29, 1.82) is 0 Å². The predicted molar refractivity (Wildman–Crippen MR) is 58.7 cm³/mol. The molecule has 4 nitrogen and oxygen atoms in total. The van der Waals surface area contributed by atoms with E-state index in [-0.39, 0.29) is 5.91 Å². The van der Waals surface area contributed by atoms with Crippen LogP contribution in [0.25, 0.3) is 0 Å². The molecule has 82 valence electrons. The molecule has 0 bridgehead atoms. The highest BCUT2D eigenvalue weighted by molar-refractivity contribution is 5.94. The maximum absolute atomic E-state index is 11.3. The first kappa shape index (κ1) is 11.5. The summed E-state index contributed by atoms with van der Waals surface area (Å²) in [6.45, 7) is 4.09. The molecule has 0 atom stereocenters. The second-order valence-corrected chi connectivity index (χ2v) is 3.58. The van der Waals surface area contributed by atoms with Gasteiger partial charge in [0.15, 0.2) is 0 Å². The summed E-state index contributed by atoms with van der Waals surface area (Å²) in [7, 11) is 1.61. The number of methoxy groups -OCH3 is 1. The van der Waals surface area contributed by atoms with Crippen molar-refractivity contribution in [2.75, 3.05) is 7.11 Å². The number of hydrogen-bond acceptors (Lipinski definition) is 3. The standard InChI is InChI=1S/C11H16N2O2/c1-7(2)9-6-8(11(14)13-12)4-5-10(9)15-3/h4-7H,12H2,1-3H3,(H,13,14). The quantitative estimate of drug-likeness (QED) is 0.448. The first-order valence-electron chi connectivity index (χ1n) is 4.79. The van der Waals surface area contributed by atoms with E-state index in [2.05, 4.69) is 5.43 Å². The number of carbonyl (C=O) groups is 1. The van der Waals surface area contributed by atoms with Crippen molar-refractivity contribution in [3.8, 4) is 5.75 Å². The second-order valence-electron chi connectivity index (χ2n) is 3.58. The number of hydrazine groups is 1. The molecule has 0 fully saturated rings. The van der Waals surface area contributed by atoms with Crippen LogP contribution in [0.15, 0.2) is 18.2 Å². The highest BCUT2D eigenvalue weighted by atomic mass is 16.5. The molecule has 0 heterocycles. The number of nitrogens with two attached hydrogens (primary N) is 1. The molecule has 1 rings (SSSR count). The molecule has 0 aliphatic carbocycles. The second kappa shape index (κ2) is 4.79. The summed E-state index contributed by atoms with van der Waals surface area (Å²) in [5.74, 6) is 5.87. The minimum Gasteiger partial charge on any atom is -0.496 e. The minimum atomic E-state index is -0.292. The summed E-state index contributed by atoms with van der Waals surface area (Å²) in [5.41, 5.74) is 3.65. The molecule has 0 aromatic heterocycles. The van der Waals surface area contributed by atoms with Crippen LogP contribution in [-0.4, -0.2) is 13.0 Å². The van der Waals surface area contributed by atoms with Gasteiger partial charge in [0.1, 0.15) is 5.75 Å². The molecule has 0 spiro atoms. The number of nitrogen functional groups attached to an aromatic ring is 1.